The van der Waals surface area contributed by atoms with Gasteiger partial charge in [-0.3, -0.25) is 14.3 Å². The first-order valence-electron chi connectivity index (χ1n) is 9.14. The van der Waals surface area contributed by atoms with Gasteiger partial charge in [0.05, 0.1) is 26.0 Å². The van der Waals surface area contributed by atoms with Crippen molar-refractivity contribution in [2.45, 2.75) is 6.10 Å². The van der Waals surface area contributed by atoms with Crippen LogP contribution in [0.2, 0.25) is 0 Å². The molecule has 28 heavy (non-hydrogen) atoms. The summed E-state index contributed by atoms with van der Waals surface area (Å²) in [5.74, 6) is 1.43. The number of anilines is 1. The van der Waals surface area contributed by atoms with Gasteiger partial charge in [-0.1, -0.05) is 12.1 Å². The fraction of sp³-hybridized carbons (Fsp3) is 0.286. The molecular formula is C21H22N4O3. The first kappa shape index (κ1) is 18.2. The van der Waals surface area contributed by atoms with Crippen molar-refractivity contribution in [1.82, 2.24) is 14.5 Å². The Bertz CT molecular complexity index is 1020. The van der Waals surface area contributed by atoms with Gasteiger partial charge < -0.3 is 14.4 Å². The van der Waals surface area contributed by atoms with Crippen molar-refractivity contribution in [3.63, 3.8) is 0 Å². The summed E-state index contributed by atoms with van der Waals surface area (Å²) in [4.78, 5) is 23.4. The number of hydrogen-bond acceptors (Lipinski definition) is 6. The molecule has 1 aliphatic heterocycles. The van der Waals surface area contributed by atoms with Gasteiger partial charge in [-0.15, -0.1) is 0 Å². The average Bonchev–Trinajstić information content (AvgIpc) is 2.76. The predicted octanol–water partition coefficient (Wildman–Crippen LogP) is 2.43. The highest BCUT2D eigenvalue weighted by Crippen LogP contribution is 2.27. The highest BCUT2D eigenvalue weighted by molar-refractivity contribution is 5.59. The van der Waals surface area contributed by atoms with Gasteiger partial charge in [0.2, 0.25) is 5.95 Å². The van der Waals surface area contributed by atoms with Crippen molar-refractivity contribution in [2.24, 2.45) is 7.05 Å². The molecule has 0 saturated carbocycles. The van der Waals surface area contributed by atoms with Crippen LogP contribution < -0.4 is 15.2 Å². The van der Waals surface area contributed by atoms with Gasteiger partial charge in [-0.2, -0.15) is 0 Å². The molecule has 1 fully saturated rings. The van der Waals surface area contributed by atoms with Crippen LogP contribution in [0.1, 0.15) is 11.7 Å². The Kier molecular flexibility index (Phi) is 5.08. The van der Waals surface area contributed by atoms with E-state index in [0.717, 1.165) is 16.9 Å². The van der Waals surface area contributed by atoms with E-state index in [4.69, 9.17) is 14.5 Å². The zero-order chi connectivity index (χ0) is 19.5. The predicted molar refractivity (Wildman–Crippen MR) is 107 cm³/mol. The lowest BCUT2D eigenvalue weighted by molar-refractivity contribution is 0.0388. The molecule has 7 heteroatoms. The quantitative estimate of drug-likeness (QED) is 0.695. The summed E-state index contributed by atoms with van der Waals surface area (Å²) in [5.41, 5.74) is 2.46. The van der Waals surface area contributed by atoms with E-state index >= 15 is 0 Å². The van der Waals surface area contributed by atoms with Crippen molar-refractivity contribution in [1.29, 1.82) is 0 Å². The summed E-state index contributed by atoms with van der Waals surface area (Å²) in [6.07, 6.45) is 3.27. The highest BCUT2D eigenvalue weighted by Gasteiger charge is 2.25. The average molecular weight is 378 g/mol. The first-order chi connectivity index (χ1) is 13.7. The summed E-state index contributed by atoms with van der Waals surface area (Å²) >= 11 is 0. The summed E-state index contributed by atoms with van der Waals surface area (Å²) in [5, 5.41) is 0. The molecule has 1 aliphatic rings. The van der Waals surface area contributed by atoms with E-state index in [1.165, 1.54) is 0 Å². The van der Waals surface area contributed by atoms with Gasteiger partial charge in [0, 0.05) is 37.6 Å². The second kappa shape index (κ2) is 7.82. The van der Waals surface area contributed by atoms with Crippen molar-refractivity contribution in [3.8, 4) is 17.0 Å². The minimum absolute atomic E-state index is 0.0961. The fourth-order valence-electron chi connectivity index (χ4n) is 3.36. The van der Waals surface area contributed by atoms with E-state index in [9.17, 15) is 4.79 Å². The number of pyridine rings is 1. The molecular weight excluding hydrogens is 356 g/mol. The number of ether oxygens (including phenoxy) is 2. The second-order valence-corrected chi connectivity index (χ2v) is 6.66. The Hall–Kier alpha value is -3.19. The van der Waals surface area contributed by atoms with Crippen molar-refractivity contribution in [2.75, 3.05) is 31.7 Å². The summed E-state index contributed by atoms with van der Waals surface area (Å²) in [7, 11) is 3.40. The van der Waals surface area contributed by atoms with Crippen LogP contribution in [0.15, 0.2) is 59.7 Å². The van der Waals surface area contributed by atoms with Crippen LogP contribution in [-0.4, -0.2) is 41.3 Å². The molecule has 0 unspecified atom stereocenters. The number of methoxy groups -OCH3 is 1. The number of morpholine rings is 1. The molecule has 1 saturated heterocycles. The van der Waals surface area contributed by atoms with Gasteiger partial charge in [0.15, 0.2) is 0 Å². The van der Waals surface area contributed by atoms with Crippen LogP contribution in [0.25, 0.3) is 11.3 Å². The standard InChI is InChI=1S/C21H22N4O3/c1-24-20(26)13-18(15-6-8-22-9-7-15)23-21(24)25-10-11-28-19(14-25)16-4-3-5-17(12-16)27-2/h3-9,12-13,19H,10-11,14H2,1-2H3/t19-/m1/s1. The number of benzene rings is 1. The van der Waals surface area contributed by atoms with E-state index in [1.54, 1.807) is 37.2 Å². The Morgan fingerprint density at radius 2 is 2.00 bits per heavy atom. The molecule has 0 spiro atoms. The molecule has 0 radical (unpaired) electrons. The van der Waals surface area contributed by atoms with Crippen LogP contribution in [0, 0.1) is 0 Å². The van der Waals surface area contributed by atoms with Crippen LogP contribution >= 0.6 is 0 Å². The number of nitrogens with zero attached hydrogens (tertiary/aromatic N) is 4. The molecule has 3 aromatic rings. The SMILES string of the molecule is COc1cccc([C@H]2CN(c3nc(-c4ccncc4)cc(=O)n3C)CCO2)c1. The third-order valence-corrected chi connectivity index (χ3v) is 4.90. The Balaban J connectivity index is 1.66. The summed E-state index contributed by atoms with van der Waals surface area (Å²) in [6, 6.07) is 13.1. The zero-order valence-corrected chi connectivity index (χ0v) is 15.9. The van der Waals surface area contributed by atoms with Gasteiger partial charge >= 0.3 is 0 Å². The van der Waals surface area contributed by atoms with Crippen LogP contribution in [-0.2, 0) is 11.8 Å². The molecule has 0 amide bonds. The first-order valence-corrected chi connectivity index (χ1v) is 9.14. The second-order valence-electron chi connectivity index (χ2n) is 6.66. The molecule has 1 atom stereocenters. The van der Waals surface area contributed by atoms with Crippen LogP contribution in [0.5, 0.6) is 5.75 Å². The van der Waals surface area contributed by atoms with E-state index in [0.29, 0.717) is 31.3 Å². The van der Waals surface area contributed by atoms with Gasteiger partial charge in [-0.25, -0.2) is 4.98 Å². The lowest BCUT2D eigenvalue weighted by Gasteiger charge is -2.34. The van der Waals surface area contributed by atoms with Gasteiger partial charge in [-0.05, 0) is 29.8 Å². The number of aromatic nitrogens is 3. The largest absolute Gasteiger partial charge is 0.497 e. The third kappa shape index (κ3) is 3.61. The molecule has 1 aromatic carbocycles. The number of hydrogen-bond donors (Lipinski definition) is 0. The molecule has 0 N–H and O–H groups in total. The minimum Gasteiger partial charge on any atom is -0.497 e. The van der Waals surface area contributed by atoms with Crippen LogP contribution in [0.4, 0.5) is 5.95 Å². The molecule has 2 aromatic heterocycles. The summed E-state index contributed by atoms with van der Waals surface area (Å²) < 4.78 is 12.9. The minimum atomic E-state index is -0.120. The molecule has 0 aliphatic carbocycles. The Morgan fingerprint density at radius 1 is 1.18 bits per heavy atom. The Labute approximate surface area is 163 Å². The zero-order valence-electron chi connectivity index (χ0n) is 15.9. The third-order valence-electron chi connectivity index (χ3n) is 4.90. The lowest BCUT2D eigenvalue weighted by atomic mass is 10.1. The van der Waals surface area contributed by atoms with Crippen molar-refractivity contribution in [3.05, 3.63) is 70.8 Å². The monoisotopic (exact) mass is 378 g/mol. The van der Waals surface area contributed by atoms with Gasteiger partial charge in [0.1, 0.15) is 11.9 Å². The lowest BCUT2D eigenvalue weighted by Crippen LogP contribution is -2.41. The summed E-state index contributed by atoms with van der Waals surface area (Å²) in [6.45, 7) is 1.82. The molecule has 7 nitrogen and oxygen atoms in total. The van der Waals surface area contributed by atoms with E-state index in [2.05, 4.69) is 9.88 Å². The Morgan fingerprint density at radius 3 is 2.79 bits per heavy atom. The smallest absolute Gasteiger partial charge is 0.255 e. The normalized spacial score (nSPS) is 16.8. The maximum atomic E-state index is 12.5. The molecule has 3 heterocycles. The molecule has 0 bridgehead atoms. The van der Waals surface area contributed by atoms with Crippen molar-refractivity contribution >= 4 is 5.95 Å². The van der Waals surface area contributed by atoms with Crippen LogP contribution in [0.3, 0.4) is 0 Å². The van der Waals surface area contributed by atoms with Crippen molar-refractivity contribution < 1.29 is 9.47 Å². The van der Waals surface area contributed by atoms with E-state index in [-0.39, 0.29) is 11.7 Å². The van der Waals surface area contributed by atoms with Gasteiger partial charge in [0.25, 0.3) is 5.56 Å². The molecule has 144 valence electrons. The maximum absolute atomic E-state index is 12.5. The molecule has 4 rings (SSSR count). The maximum Gasteiger partial charge on any atom is 0.255 e. The topological polar surface area (TPSA) is 69.5 Å². The fourth-order valence-corrected chi connectivity index (χ4v) is 3.36. The van der Waals surface area contributed by atoms with E-state index in [1.807, 2.05) is 36.4 Å². The highest BCUT2D eigenvalue weighted by atomic mass is 16.5. The number of rotatable bonds is 4. The van der Waals surface area contributed by atoms with E-state index < -0.39 is 0 Å².